The summed E-state index contributed by atoms with van der Waals surface area (Å²) in [5, 5.41) is 2.87. The molecule has 0 aromatic carbocycles. The molecule has 1 aliphatic heterocycles. The zero-order valence-electron chi connectivity index (χ0n) is 8.28. The molecule has 4 nitrogen and oxygen atoms in total. The second-order valence-corrected chi connectivity index (χ2v) is 5.46. The minimum Gasteiger partial charge on any atom is -0.315 e. The molecular formula is C8H18N2O2S. The molecule has 1 atom stereocenters. The third kappa shape index (κ3) is 2.21. The molecule has 1 rings (SSSR count). The van der Waals surface area contributed by atoms with Crippen molar-refractivity contribution in [3.05, 3.63) is 0 Å². The molecule has 1 heterocycles. The Balaban J connectivity index is 2.73. The quantitative estimate of drug-likeness (QED) is 0.705. The molecule has 0 amide bonds. The van der Waals surface area contributed by atoms with Gasteiger partial charge in [0.25, 0.3) is 0 Å². The number of sulfonamides is 1. The fraction of sp³-hybridized carbons (Fsp3) is 1.00. The first-order valence-corrected chi connectivity index (χ1v) is 6.33. The maximum atomic E-state index is 11.9. The molecule has 1 saturated heterocycles. The van der Waals surface area contributed by atoms with E-state index in [1.807, 2.05) is 13.8 Å². The van der Waals surface area contributed by atoms with Crippen molar-refractivity contribution in [1.29, 1.82) is 0 Å². The minimum absolute atomic E-state index is 0.201. The maximum absolute atomic E-state index is 11.9. The lowest BCUT2D eigenvalue weighted by atomic mass is 10.4. The molecule has 0 aliphatic carbocycles. The standard InChI is InChI=1S/C8H18N2O2S/c1-3-10(4-2)13(11,12)8-5-6-9-7-8/h8-9H,3-7H2,1-2H3. The first kappa shape index (κ1) is 10.9. The first-order chi connectivity index (χ1) is 6.12. The zero-order chi connectivity index (χ0) is 9.90. The van der Waals surface area contributed by atoms with E-state index in [1.165, 1.54) is 0 Å². The van der Waals surface area contributed by atoms with Gasteiger partial charge in [0.15, 0.2) is 0 Å². The molecule has 1 N–H and O–H groups in total. The highest BCUT2D eigenvalue weighted by molar-refractivity contribution is 7.89. The van der Waals surface area contributed by atoms with Gasteiger partial charge in [-0.1, -0.05) is 13.8 Å². The number of hydrogen-bond donors (Lipinski definition) is 1. The van der Waals surface area contributed by atoms with E-state index < -0.39 is 10.0 Å². The Morgan fingerprint density at radius 2 is 2.00 bits per heavy atom. The van der Waals surface area contributed by atoms with Gasteiger partial charge in [-0.15, -0.1) is 0 Å². The van der Waals surface area contributed by atoms with Gasteiger partial charge in [-0.3, -0.25) is 0 Å². The predicted octanol–water partition coefficient (Wildman–Crippen LogP) is 0.0199. The summed E-state index contributed by atoms with van der Waals surface area (Å²) in [6, 6.07) is 0. The summed E-state index contributed by atoms with van der Waals surface area (Å²) >= 11 is 0. The SMILES string of the molecule is CCN(CC)S(=O)(=O)C1CCNC1. The minimum atomic E-state index is -3.03. The largest absolute Gasteiger partial charge is 0.315 e. The van der Waals surface area contributed by atoms with Gasteiger partial charge in [0.2, 0.25) is 10.0 Å². The van der Waals surface area contributed by atoms with Gasteiger partial charge >= 0.3 is 0 Å². The number of hydrogen-bond acceptors (Lipinski definition) is 3. The zero-order valence-corrected chi connectivity index (χ0v) is 9.10. The van der Waals surface area contributed by atoms with Gasteiger partial charge in [-0.2, -0.15) is 0 Å². The summed E-state index contributed by atoms with van der Waals surface area (Å²) < 4.78 is 25.3. The van der Waals surface area contributed by atoms with E-state index >= 15 is 0 Å². The lowest BCUT2D eigenvalue weighted by Gasteiger charge is -2.22. The molecular weight excluding hydrogens is 188 g/mol. The molecule has 13 heavy (non-hydrogen) atoms. The van der Waals surface area contributed by atoms with Gasteiger partial charge in [0.05, 0.1) is 5.25 Å². The molecule has 0 aromatic heterocycles. The fourth-order valence-corrected chi connectivity index (χ4v) is 3.56. The summed E-state index contributed by atoms with van der Waals surface area (Å²) in [5.74, 6) is 0. The molecule has 0 aromatic rings. The maximum Gasteiger partial charge on any atom is 0.218 e. The monoisotopic (exact) mass is 206 g/mol. The second kappa shape index (κ2) is 4.39. The van der Waals surface area contributed by atoms with Crippen LogP contribution in [0.1, 0.15) is 20.3 Å². The van der Waals surface area contributed by atoms with Gasteiger partial charge in [0, 0.05) is 19.6 Å². The number of nitrogens with zero attached hydrogens (tertiary/aromatic N) is 1. The van der Waals surface area contributed by atoms with E-state index in [9.17, 15) is 8.42 Å². The van der Waals surface area contributed by atoms with Crippen molar-refractivity contribution >= 4 is 10.0 Å². The number of rotatable bonds is 4. The van der Waals surface area contributed by atoms with E-state index in [-0.39, 0.29) is 5.25 Å². The highest BCUT2D eigenvalue weighted by atomic mass is 32.2. The predicted molar refractivity (Wildman–Crippen MR) is 53.1 cm³/mol. The van der Waals surface area contributed by atoms with E-state index in [2.05, 4.69) is 5.32 Å². The molecule has 0 radical (unpaired) electrons. The third-order valence-corrected chi connectivity index (χ3v) is 4.98. The average Bonchev–Trinajstić information content (AvgIpc) is 2.58. The Bertz CT molecular complexity index is 233. The average molecular weight is 206 g/mol. The Morgan fingerprint density at radius 3 is 2.38 bits per heavy atom. The van der Waals surface area contributed by atoms with Crippen LogP contribution in [0, 0.1) is 0 Å². The molecule has 1 aliphatic rings. The van der Waals surface area contributed by atoms with Crippen LogP contribution < -0.4 is 5.32 Å². The highest BCUT2D eigenvalue weighted by Gasteiger charge is 2.32. The smallest absolute Gasteiger partial charge is 0.218 e. The van der Waals surface area contributed by atoms with Gasteiger partial charge in [-0.05, 0) is 13.0 Å². The van der Waals surface area contributed by atoms with E-state index in [0.717, 1.165) is 13.0 Å². The van der Waals surface area contributed by atoms with Crippen LogP contribution in [0.5, 0.6) is 0 Å². The van der Waals surface area contributed by atoms with Crippen molar-refractivity contribution < 1.29 is 8.42 Å². The van der Waals surface area contributed by atoms with Gasteiger partial charge < -0.3 is 5.32 Å². The molecule has 1 fully saturated rings. The Morgan fingerprint density at radius 1 is 1.38 bits per heavy atom. The Kier molecular flexibility index (Phi) is 3.70. The summed E-state index contributed by atoms with van der Waals surface area (Å²) in [5.41, 5.74) is 0. The van der Waals surface area contributed by atoms with E-state index in [1.54, 1.807) is 4.31 Å². The lowest BCUT2D eigenvalue weighted by molar-refractivity contribution is 0.436. The molecule has 78 valence electrons. The second-order valence-electron chi connectivity index (χ2n) is 3.24. The van der Waals surface area contributed by atoms with Crippen molar-refractivity contribution in [3.63, 3.8) is 0 Å². The van der Waals surface area contributed by atoms with Gasteiger partial charge in [-0.25, -0.2) is 12.7 Å². The summed E-state index contributed by atoms with van der Waals surface area (Å²) in [6.07, 6.45) is 0.749. The number of nitrogens with one attached hydrogen (secondary N) is 1. The molecule has 0 bridgehead atoms. The van der Waals surface area contributed by atoms with Crippen LogP contribution in [0.25, 0.3) is 0 Å². The fourth-order valence-electron chi connectivity index (χ4n) is 1.68. The summed E-state index contributed by atoms with van der Waals surface area (Å²) in [7, 11) is -3.03. The Labute approximate surface area is 80.4 Å². The molecule has 0 spiro atoms. The molecule has 0 saturated carbocycles. The van der Waals surface area contributed by atoms with Crippen LogP contribution in [0.3, 0.4) is 0 Å². The normalized spacial score (nSPS) is 24.1. The van der Waals surface area contributed by atoms with Crippen LogP contribution in [0.4, 0.5) is 0 Å². The van der Waals surface area contributed by atoms with Gasteiger partial charge in [0.1, 0.15) is 0 Å². The summed E-state index contributed by atoms with van der Waals surface area (Å²) in [6.45, 7) is 6.35. The van der Waals surface area contributed by atoms with Crippen LogP contribution >= 0.6 is 0 Å². The van der Waals surface area contributed by atoms with Crippen LogP contribution in [0.15, 0.2) is 0 Å². The van der Waals surface area contributed by atoms with Crippen molar-refractivity contribution in [2.75, 3.05) is 26.2 Å². The van der Waals surface area contributed by atoms with Crippen LogP contribution in [-0.2, 0) is 10.0 Å². The topological polar surface area (TPSA) is 49.4 Å². The van der Waals surface area contributed by atoms with Crippen molar-refractivity contribution in [1.82, 2.24) is 9.62 Å². The van der Waals surface area contributed by atoms with E-state index in [0.29, 0.717) is 19.6 Å². The van der Waals surface area contributed by atoms with Crippen molar-refractivity contribution in [2.24, 2.45) is 0 Å². The van der Waals surface area contributed by atoms with Crippen molar-refractivity contribution in [3.8, 4) is 0 Å². The summed E-state index contributed by atoms with van der Waals surface area (Å²) in [4.78, 5) is 0. The molecule has 5 heteroatoms. The highest BCUT2D eigenvalue weighted by Crippen LogP contribution is 2.14. The van der Waals surface area contributed by atoms with Crippen LogP contribution in [-0.4, -0.2) is 44.2 Å². The Hall–Kier alpha value is -0.130. The third-order valence-electron chi connectivity index (χ3n) is 2.50. The first-order valence-electron chi connectivity index (χ1n) is 4.82. The van der Waals surface area contributed by atoms with Crippen LogP contribution in [0.2, 0.25) is 0 Å². The molecule has 1 unspecified atom stereocenters. The van der Waals surface area contributed by atoms with E-state index in [4.69, 9.17) is 0 Å². The van der Waals surface area contributed by atoms with Crippen molar-refractivity contribution in [2.45, 2.75) is 25.5 Å². The lowest BCUT2D eigenvalue weighted by Crippen LogP contribution is -2.39.